The third kappa shape index (κ3) is 4.46. The van der Waals surface area contributed by atoms with Crippen molar-refractivity contribution in [3.63, 3.8) is 0 Å². The van der Waals surface area contributed by atoms with Gasteiger partial charge < -0.3 is 19.9 Å². The first-order valence-electron chi connectivity index (χ1n) is 6.87. The smallest absolute Gasteiger partial charge is 0.124 e. The van der Waals surface area contributed by atoms with Gasteiger partial charge in [-0.15, -0.1) is 11.3 Å². The molecule has 5 heteroatoms. The number of nitrogens with one attached hydrogen (secondary N) is 1. The van der Waals surface area contributed by atoms with Crippen LogP contribution >= 0.6 is 11.3 Å². The molecule has 0 amide bonds. The number of hydrogen-bond acceptors (Lipinski definition) is 5. The lowest BCUT2D eigenvalue weighted by atomic mass is 10.1. The van der Waals surface area contributed by atoms with Gasteiger partial charge in [-0.05, 0) is 36.1 Å². The van der Waals surface area contributed by atoms with Crippen molar-refractivity contribution in [1.29, 1.82) is 0 Å². The number of thiophene rings is 1. The zero-order chi connectivity index (χ0) is 15.1. The molecule has 1 aromatic carbocycles. The summed E-state index contributed by atoms with van der Waals surface area (Å²) >= 11 is 1.75. The maximum Gasteiger partial charge on any atom is 0.124 e. The van der Waals surface area contributed by atoms with Gasteiger partial charge in [0.05, 0.1) is 20.3 Å². The Morgan fingerprint density at radius 1 is 1.24 bits per heavy atom. The Balaban J connectivity index is 1.88. The van der Waals surface area contributed by atoms with Crippen LogP contribution in [0, 0.1) is 0 Å². The summed E-state index contributed by atoms with van der Waals surface area (Å²) in [6.07, 6.45) is 0.345. The van der Waals surface area contributed by atoms with Crippen LogP contribution in [-0.4, -0.2) is 32.4 Å². The number of benzene rings is 1. The van der Waals surface area contributed by atoms with Crippen molar-refractivity contribution in [1.82, 2.24) is 5.32 Å². The van der Waals surface area contributed by atoms with Crippen molar-refractivity contribution in [2.75, 3.05) is 27.3 Å². The first-order valence-corrected chi connectivity index (χ1v) is 7.75. The summed E-state index contributed by atoms with van der Waals surface area (Å²) in [6, 6.07) is 9.61. The van der Waals surface area contributed by atoms with E-state index >= 15 is 0 Å². The number of methoxy groups -OCH3 is 2. The Morgan fingerprint density at radius 2 is 2.10 bits per heavy atom. The van der Waals surface area contributed by atoms with Crippen molar-refractivity contribution in [3.05, 3.63) is 46.2 Å². The van der Waals surface area contributed by atoms with E-state index in [1.807, 2.05) is 18.2 Å². The third-order valence-corrected chi connectivity index (χ3v) is 4.20. The molecule has 0 saturated heterocycles. The highest BCUT2D eigenvalue weighted by molar-refractivity contribution is 7.09. The monoisotopic (exact) mass is 307 g/mol. The topological polar surface area (TPSA) is 50.7 Å². The summed E-state index contributed by atoms with van der Waals surface area (Å²) in [7, 11) is 3.21. The molecule has 114 valence electrons. The maximum atomic E-state index is 10.3. The third-order valence-electron chi connectivity index (χ3n) is 3.26. The van der Waals surface area contributed by atoms with E-state index in [1.165, 1.54) is 4.88 Å². The molecule has 0 fully saturated rings. The lowest BCUT2D eigenvalue weighted by Crippen LogP contribution is -2.23. The molecule has 0 aliphatic heterocycles. The minimum atomic E-state index is -0.626. The van der Waals surface area contributed by atoms with Gasteiger partial charge >= 0.3 is 0 Å². The largest absolute Gasteiger partial charge is 0.497 e. The molecular formula is C16H21NO3S. The van der Waals surface area contributed by atoms with Crippen molar-refractivity contribution in [2.45, 2.75) is 12.5 Å². The zero-order valence-electron chi connectivity index (χ0n) is 12.3. The number of rotatable bonds is 8. The first-order chi connectivity index (χ1) is 10.2. The Hall–Kier alpha value is -1.56. The molecule has 1 atom stereocenters. The second kappa shape index (κ2) is 8.02. The van der Waals surface area contributed by atoms with E-state index in [2.05, 4.69) is 22.8 Å². The van der Waals surface area contributed by atoms with E-state index in [4.69, 9.17) is 9.47 Å². The Labute approximate surface area is 129 Å². The minimum absolute atomic E-state index is 0.481. The van der Waals surface area contributed by atoms with Crippen LogP contribution < -0.4 is 14.8 Å². The SMILES string of the molecule is COc1ccc(OC)c(C(O)CNCCc2cccs2)c1. The van der Waals surface area contributed by atoms with Gasteiger partial charge in [-0.1, -0.05) is 6.07 Å². The lowest BCUT2D eigenvalue weighted by Gasteiger charge is -2.16. The van der Waals surface area contributed by atoms with Gasteiger partial charge in [-0.2, -0.15) is 0 Å². The van der Waals surface area contributed by atoms with Crippen LogP contribution in [0.2, 0.25) is 0 Å². The van der Waals surface area contributed by atoms with E-state index in [-0.39, 0.29) is 0 Å². The van der Waals surface area contributed by atoms with E-state index < -0.39 is 6.10 Å². The van der Waals surface area contributed by atoms with Gasteiger partial charge in [0.25, 0.3) is 0 Å². The number of ether oxygens (including phenoxy) is 2. The van der Waals surface area contributed by atoms with Gasteiger partial charge in [0, 0.05) is 23.5 Å². The molecule has 0 aliphatic carbocycles. The molecule has 2 rings (SSSR count). The average molecular weight is 307 g/mol. The molecule has 2 aromatic rings. The van der Waals surface area contributed by atoms with Crippen LogP contribution in [0.3, 0.4) is 0 Å². The summed E-state index contributed by atoms with van der Waals surface area (Å²) in [5.74, 6) is 1.38. The summed E-state index contributed by atoms with van der Waals surface area (Å²) in [4.78, 5) is 1.34. The summed E-state index contributed by atoms with van der Waals surface area (Å²) in [5, 5.41) is 15.7. The summed E-state index contributed by atoms with van der Waals surface area (Å²) < 4.78 is 10.5. The maximum absolute atomic E-state index is 10.3. The fraction of sp³-hybridized carbons (Fsp3) is 0.375. The Morgan fingerprint density at radius 3 is 2.76 bits per heavy atom. The molecule has 2 N–H and O–H groups in total. The van der Waals surface area contributed by atoms with E-state index in [0.29, 0.717) is 18.0 Å². The second-order valence-electron chi connectivity index (χ2n) is 4.66. The molecule has 1 unspecified atom stereocenters. The van der Waals surface area contributed by atoms with E-state index in [9.17, 15) is 5.11 Å². The molecule has 0 radical (unpaired) electrons. The fourth-order valence-electron chi connectivity index (χ4n) is 2.11. The summed E-state index contributed by atoms with van der Waals surface area (Å²) in [5.41, 5.74) is 0.737. The normalized spacial score (nSPS) is 12.1. The molecule has 0 aliphatic rings. The van der Waals surface area contributed by atoms with Crippen LogP contribution in [-0.2, 0) is 6.42 Å². The average Bonchev–Trinajstić information content (AvgIpc) is 3.04. The minimum Gasteiger partial charge on any atom is -0.497 e. The van der Waals surface area contributed by atoms with Crippen LogP contribution in [0.1, 0.15) is 16.5 Å². The number of aliphatic hydroxyl groups is 1. The number of hydrogen-bond donors (Lipinski definition) is 2. The second-order valence-corrected chi connectivity index (χ2v) is 5.69. The van der Waals surface area contributed by atoms with Gasteiger partial charge in [0.15, 0.2) is 0 Å². The number of aliphatic hydroxyl groups excluding tert-OH is 1. The highest BCUT2D eigenvalue weighted by atomic mass is 32.1. The quantitative estimate of drug-likeness (QED) is 0.736. The molecule has 0 bridgehead atoms. The van der Waals surface area contributed by atoms with Gasteiger partial charge in [0.1, 0.15) is 11.5 Å². The van der Waals surface area contributed by atoms with Gasteiger partial charge in [-0.3, -0.25) is 0 Å². The highest BCUT2D eigenvalue weighted by Gasteiger charge is 2.14. The predicted molar refractivity (Wildman–Crippen MR) is 85.4 cm³/mol. The van der Waals surface area contributed by atoms with Crippen molar-refractivity contribution in [3.8, 4) is 11.5 Å². The standard InChI is InChI=1S/C16H21NO3S/c1-19-12-5-6-16(20-2)14(10-12)15(18)11-17-8-7-13-4-3-9-21-13/h3-6,9-10,15,17-18H,7-8,11H2,1-2H3. The molecule has 4 nitrogen and oxygen atoms in total. The molecular weight excluding hydrogens is 286 g/mol. The van der Waals surface area contributed by atoms with Crippen molar-refractivity contribution < 1.29 is 14.6 Å². The van der Waals surface area contributed by atoms with E-state index in [0.717, 1.165) is 18.5 Å². The molecule has 0 saturated carbocycles. The zero-order valence-corrected chi connectivity index (χ0v) is 13.2. The van der Waals surface area contributed by atoms with Crippen LogP contribution in [0.25, 0.3) is 0 Å². The molecule has 0 spiro atoms. The van der Waals surface area contributed by atoms with Crippen molar-refractivity contribution >= 4 is 11.3 Å². The Kier molecular flexibility index (Phi) is 6.04. The van der Waals surface area contributed by atoms with Gasteiger partial charge in [-0.25, -0.2) is 0 Å². The van der Waals surface area contributed by atoms with Crippen molar-refractivity contribution in [2.24, 2.45) is 0 Å². The van der Waals surface area contributed by atoms with E-state index in [1.54, 1.807) is 25.6 Å². The van der Waals surface area contributed by atoms with Gasteiger partial charge in [0.2, 0.25) is 0 Å². The molecule has 1 aromatic heterocycles. The fourth-order valence-corrected chi connectivity index (χ4v) is 2.82. The van der Waals surface area contributed by atoms with Crippen LogP contribution in [0.4, 0.5) is 0 Å². The molecule has 21 heavy (non-hydrogen) atoms. The molecule has 1 heterocycles. The summed E-state index contributed by atoms with van der Waals surface area (Å²) in [6.45, 7) is 1.32. The lowest BCUT2D eigenvalue weighted by molar-refractivity contribution is 0.170. The highest BCUT2D eigenvalue weighted by Crippen LogP contribution is 2.29. The Bertz CT molecular complexity index is 542. The van der Waals surface area contributed by atoms with Crippen LogP contribution in [0.5, 0.6) is 11.5 Å². The predicted octanol–water partition coefficient (Wildman–Crippen LogP) is 2.63. The first kappa shape index (κ1) is 15.8. The van der Waals surface area contributed by atoms with Crippen LogP contribution in [0.15, 0.2) is 35.7 Å².